The average molecular weight is 393 g/mol. The van der Waals surface area contributed by atoms with Gasteiger partial charge in [-0.3, -0.25) is 4.79 Å². The van der Waals surface area contributed by atoms with Crippen molar-refractivity contribution in [2.75, 3.05) is 0 Å². The van der Waals surface area contributed by atoms with Crippen molar-refractivity contribution < 1.29 is 9.21 Å². The van der Waals surface area contributed by atoms with Crippen LogP contribution < -0.4 is 0 Å². The fraction of sp³-hybridized carbons (Fsp3) is 0. The number of nitrogens with zero attached hydrogens (tertiary/aromatic N) is 2. The van der Waals surface area contributed by atoms with Crippen molar-refractivity contribution in [3.8, 4) is 0 Å². The minimum atomic E-state index is -0.250. The SMILES string of the molecule is O=C1/C(=C\c2ccco2)SC(=S)N1/N=C/c1ccc(Br)cc1. The number of hydrogen-bond donors (Lipinski definition) is 0. The molecule has 1 aromatic carbocycles. The van der Waals surface area contributed by atoms with E-state index in [0.717, 1.165) is 10.0 Å². The van der Waals surface area contributed by atoms with Gasteiger partial charge in [-0.25, -0.2) is 0 Å². The van der Waals surface area contributed by atoms with E-state index in [2.05, 4.69) is 21.0 Å². The molecule has 110 valence electrons. The molecular weight excluding hydrogens is 384 g/mol. The summed E-state index contributed by atoms with van der Waals surface area (Å²) in [5.41, 5.74) is 0.882. The van der Waals surface area contributed by atoms with Crippen LogP contribution in [0.1, 0.15) is 11.3 Å². The maximum Gasteiger partial charge on any atom is 0.286 e. The first kappa shape index (κ1) is 15.2. The van der Waals surface area contributed by atoms with Crippen molar-refractivity contribution in [3.63, 3.8) is 0 Å². The van der Waals surface area contributed by atoms with Crippen LogP contribution in [0.4, 0.5) is 0 Å². The lowest BCUT2D eigenvalue weighted by atomic mass is 10.2. The monoisotopic (exact) mass is 392 g/mol. The summed E-state index contributed by atoms with van der Waals surface area (Å²) in [6.07, 6.45) is 4.82. The van der Waals surface area contributed by atoms with Crippen LogP contribution in [-0.2, 0) is 4.79 Å². The van der Waals surface area contributed by atoms with Crippen LogP contribution in [0.2, 0.25) is 0 Å². The number of halogens is 1. The molecule has 2 heterocycles. The molecule has 22 heavy (non-hydrogen) atoms. The third-order valence-corrected chi connectivity index (χ3v) is 4.59. The molecule has 7 heteroatoms. The number of furan rings is 1. The number of thioether (sulfide) groups is 1. The molecule has 0 radical (unpaired) electrons. The third-order valence-electron chi connectivity index (χ3n) is 2.78. The minimum absolute atomic E-state index is 0.250. The predicted molar refractivity (Wildman–Crippen MR) is 95.5 cm³/mol. The Morgan fingerprint density at radius 3 is 2.73 bits per heavy atom. The molecule has 1 aliphatic rings. The summed E-state index contributed by atoms with van der Waals surface area (Å²) in [6, 6.07) is 11.1. The second-order valence-corrected chi connectivity index (χ2v) is 6.90. The van der Waals surface area contributed by atoms with Gasteiger partial charge >= 0.3 is 0 Å². The average Bonchev–Trinajstić information content (AvgIpc) is 3.09. The molecular formula is C15H9BrN2O2S2. The molecule has 0 unspecified atom stereocenters. The van der Waals surface area contributed by atoms with Gasteiger partial charge in [-0.05, 0) is 42.0 Å². The van der Waals surface area contributed by atoms with E-state index in [1.54, 1.807) is 30.7 Å². The fourth-order valence-electron chi connectivity index (χ4n) is 1.73. The smallest absolute Gasteiger partial charge is 0.286 e. The summed E-state index contributed by atoms with van der Waals surface area (Å²) in [5.74, 6) is 0.358. The van der Waals surface area contributed by atoms with Gasteiger partial charge < -0.3 is 4.42 Å². The van der Waals surface area contributed by atoms with Crippen LogP contribution >= 0.6 is 39.9 Å². The Morgan fingerprint density at radius 1 is 1.27 bits per heavy atom. The third kappa shape index (κ3) is 3.37. The zero-order valence-electron chi connectivity index (χ0n) is 11.1. The standard InChI is InChI=1S/C15H9BrN2O2S2/c16-11-5-3-10(4-6-11)9-17-18-14(19)13(22-15(18)21)8-12-2-1-7-20-12/h1-9H/b13-8+,17-9+. The largest absolute Gasteiger partial charge is 0.465 e. The zero-order valence-corrected chi connectivity index (χ0v) is 14.3. The lowest BCUT2D eigenvalue weighted by Gasteiger charge is -2.05. The van der Waals surface area contributed by atoms with Crippen molar-refractivity contribution in [3.05, 3.63) is 63.4 Å². The summed E-state index contributed by atoms with van der Waals surface area (Å²) in [7, 11) is 0. The highest BCUT2D eigenvalue weighted by Gasteiger charge is 2.32. The van der Waals surface area contributed by atoms with Crippen molar-refractivity contribution in [2.45, 2.75) is 0 Å². The van der Waals surface area contributed by atoms with Gasteiger partial charge in [0.25, 0.3) is 5.91 Å². The second-order valence-electron chi connectivity index (χ2n) is 4.31. The maximum absolute atomic E-state index is 12.3. The van der Waals surface area contributed by atoms with Gasteiger partial charge in [-0.15, -0.1) is 0 Å². The van der Waals surface area contributed by atoms with Crippen LogP contribution in [-0.4, -0.2) is 21.5 Å². The van der Waals surface area contributed by atoms with Crippen molar-refractivity contribution in [1.82, 2.24) is 5.01 Å². The molecule has 0 atom stereocenters. The molecule has 1 saturated heterocycles. The maximum atomic E-state index is 12.3. The van der Waals surface area contributed by atoms with E-state index in [0.29, 0.717) is 15.0 Å². The molecule has 0 bridgehead atoms. The first-order valence-corrected chi connectivity index (χ1v) is 8.26. The molecule has 2 aromatic rings. The lowest BCUT2D eigenvalue weighted by Crippen LogP contribution is -2.22. The predicted octanol–water partition coefficient (Wildman–Crippen LogP) is 4.28. The molecule has 1 aliphatic heterocycles. The van der Waals surface area contributed by atoms with Gasteiger partial charge in [0.1, 0.15) is 5.76 Å². The Kier molecular flexibility index (Phi) is 4.56. The number of carbonyl (C=O) groups is 1. The van der Waals surface area contributed by atoms with E-state index in [1.165, 1.54) is 16.8 Å². The number of carbonyl (C=O) groups excluding carboxylic acids is 1. The summed E-state index contributed by atoms with van der Waals surface area (Å²) in [6.45, 7) is 0. The van der Waals surface area contributed by atoms with E-state index in [1.807, 2.05) is 24.3 Å². The topological polar surface area (TPSA) is 45.8 Å². The molecule has 0 saturated carbocycles. The number of amides is 1. The lowest BCUT2D eigenvalue weighted by molar-refractivity contribution is -0.122. The summed E-state index contributed by atoms with van der Waals surface area (Å²) in [5, 5.41) is 5.39. The van der Waals surface area contributed by atoms with Gasteiger partial charge in [0.15, 0.2) is 4.32 Å². The number of benzene rings is 1. The normalized spacial score (nSPS) is 17.1. The second kappa shape index (κ2) is 6.60. The minimum Gasteiger partial charge on any atom is -0.465 e. The first-order chi connectivity index (χ1) is 10.6. The highest BCUT2D eigenvalue weighted by atomic mass is 79.9. The van der Waals surface area contributed by atoms with E-state index in [9.17, 15) is 4.79 Å². The molecule has 3 rings (SSSR count). The van der Waals surface area contributed by atoms with Crippen LogP contribution in [0, 0.1) is 0 Å². The fourth-order valence-corrected chi connectivity index (χ4v) is 3.15. The number of hydrogen-bond acceptors (Lipinski definition) is 5. The molecule has 1 aromatic heterocycles. The van der Waals surface area contributed by atoms with E-state index >= 15 is 0 Å². The van der Waals surface area contributed by atoms with Crippen molar-refractivity contribution in [2.24, 2.45) is 5.10 Å². The number of thiocarbonyl (C=S) groups is 1. The molecule has 0 aliphatic carbocycles. The number of rotatable bonds is 3. The Bertz CT molecular complexity index is 767. The molecule has 1 amide bonds. The van der Waals surface area contributed by atoms with E-state index in [4.69, 9.17) is 16.6 Å². The van der Waals surface area contributed by atoms with Gasteiger partial charge in [0.2, 0.25) is 0 Å². The van der Waals surface area contributed by atoms with Gasteiger partial charge in [0.05, 0.1) is 17.4 Å². The summed E-state index contributed by atoms with van der Waals surface area (Å²) >= 11 is 9.78. The zero-order chi connectivity index (χ0) is 15.5. The van der Waals surface area contributed by atoms with Crippen LogP contribution in [0.5, 0.6) is 0 Å². The quantitative estimate of drug-likeness (QED) is 0.444. The molecule has 1 fully saturated rings. The van der Waals surface area contributed by atoms with Crippen LogP contribution in [0.3, 0.4) is 0 Å². The first-order valence-electron chi connectivity index (χ1n) is 6.24. The van der Waals surface area contributed by atoms with Crippen LogP contribution in [0.15, 0.2) is 61.6 Å². The molecule has 0 spiro atoms. The van der Waals surface area contributed by atoms with Crippen molar-refractivity contribution in [1.29, 1.82) is 0 Å². The van der Waals surface area contributed by atoms with Gasteiger partial charge in [-0.1, -0.05) is 39.8 Å². The van der Waals surface area contributed by atoms with Crippen LogP contribution in [0.25, 0.3) is 6.08 Å². The Balaban J connectivity index is 1.78. The van der Waals surface area contributed by atoms with Gasteiger partial charge in [-0.2, -0.15) is 10.1 Å². The number of hydrazone groups is 1. The molecule has 0 N–H and O–H groups in total. The highest BCUT2D eigenvalue weighted by molar-refractivity contribution is 9.10. The Labute approximate surface area is 145 Å². The highest BCUT2D eigenvalue weighted by Crippen LogP contribution is 2.32. The Morgan fingerprint density at radius 2 is 2.05 bits per heavy atom. The van der Waals surface area contributed by atoms with E-state index in [-0.39, 0.29) is 5.91 Å². The Hall–Kier alpha value is -1.70. The van der Waals surface area contributed by atoms with Gasteiger partial charge in [0, 0.05) is 10.5 Å². The van der Waals surface area contributed by atoms with E-state index < -0.39 is 0 Å². The molecule has 4 nitrogen and oxygen atoms in total. The summed E-state index contributed by atoms with van der Waals surface area (Å²) in [4.78, 5) is 12.8. The van der Waals surface area contributed by atoms with Crippen molar-refractivity contribution >= 4 is 62.4 Å². The summed E-state index contributed by atoms with van der Waals surface area (Å²) < 4.78 is 6.59.